The molecule has 0 bridgehead atoms. The Morgan fingerprint density at radius 2 is 1.87 bits per heavy atom. The van der Waals surface area contributed by atoms with Crippen molar-refractivity contribution in [1.29, 1.82) is 0 Å². The minimum Gasteiger partial charge on any atom is -0.358 e. The van der Waals surface area contributed by atoms with Crippen molar-refractivity contribution in [3.63, 3.8) is 0 Å². The largest absolute Gasteiger partial charge is 0.358 e. The van der Waals surface area contributed by atoms with Crippen LogP contribution < -0.4 is 0 Å². The Hall–Kier alpha value is -0.0151. The van der Waals surface area contributed by atoms with Crippen LogP contribution >= 0.6 is 0 Å². The summed E-state index contributed by atoms with van der Waals surface area (Å²) in [6.45, 7) is 12.1. The van der Waals surface area contributed by atoms with Gasteiger partial charge in [-0.05, 0) is 24.2 Å². The van der Waals surface area contributed by atoms with E-state index >= 15 is 0 Å². The van der Waals surface area contributed by atoms with Crippen LogP contribution in [0.2, 0.25) is 0 Å². The zero-order chi connectivity index (χ0) is 11.6. The molecule has 0 aromatic carbocycles. The van der Waals surface area contributed by atoms with Gasteiger partial charge < -0.3 is 9.47 Å². The molecule has 3 atom stereocenters. The molecule has 0 spiro atoms. The number of hydrogen-bond donors (Lipinski definition) is 0. The predicted molar refractivity (Wildman–Crippen MR) is 65.6 cm³/mol. The van der Waals surface area contributed by atoms with E-state index in [2.05, 4.69) is 34.6 Å². The Bertz CT molecular complexity index is 206. The summed E-state index contributed by atoms with van der Waals surface area (Å²) in [7, 11) is 2.00. The second-order valence-corrected chi connectivity index (χ2v) is 5.69. The molecule has 88 valence electrons. The highest BCUT2D eigenvalue weighted by Crippen LogP contribution is 2.38. The fourth-order valence-electron chi connectivity index (χ4n) is 2.49. The van der Waals surface area contributed by atoms with Gasteiger partial charge in [-0.1, -0.05) is 34.6 Å². The molecule has 0 aromatic heterocycles. The lowest BCUT2D eigenvalue weighted by atomic mass is 9.77. The number of rotatable bonds is 4. The zero-order valence-corrected chi connectivity index (χ0v) is 11.0. The highest BCUT2D eigenvalue weighted by Gasteiger charge is 2.45. The lowest BCUT2D eigenvalue weighted by Gasteiger charge is -2.37. The summed E-state index contributed by atoms with van der Waals surface area (Å²) in [5.74, 6) is 1.84. The topological polar surface area (TPSA) is 18.5 Å². The second kappa shape index (κ2) is 4.88. The van der Waals surface area contributed by atoms with Crippen LogP contribution in [0.1, 0.15) is 41.0 Å². The molecule has 1 fully saturated rings. The van der Waals surface area contributed by atoms with E-state index in [1.54, 1.807) is 0 Å². The Morgan fingerprint density at radius 1 is 1.27 bits per heavy atom. The van der Waals surface area contributed by atoms with Crippen LogP contribution in [0.25, 0.3) is 0 Å². The first kappa shape index (κ1) is 13.1. The molecule has 0 saturated carbocycles. The first-order valence-corrected chi connectivity index (χ1v) is 6.17. The Balaban J connectivity index is 2.77. The quantitative estimate of drug-likeness (QED) is 0.664. The van der Waals surface area contributed by atoms with Gasteiger partial charge in [0, 0.05) is 0 Å². The van der Waals surface area contributed by atoms with Crippen molar-refractivity contribution in [2.75, 3.05) is 6.61 Å². The van der Waals surface area contributed by atoms with Crippen LogP contribution in [0.15, 0.2) is 0 Å². The van der Waals surface area contributed by atoms with Crippen molar-refractivity contribution in [2.24, 2.45) is 17.8 Å². The average molecular weight is 212 g/mol. The normalized spacial score (nSPS) is 33.9. The Kier molecular flexibility index (Phi) is 4.24. The monoisotopic (exact) mass is 212 g/mol. The summed E-state index contributed by atoms with van der Waals surface area (Å²) in [5.41, 5.74) is -0.0538. The van der Waals surface area contributed by atoms with Gasteiger partial charge >= 0.3 is 0 Å². The van der Waals surface area contributed by atoms with Gasteiger partial charge in [0.05, 0.1) is 12.2 Å². The average Bonchev–Trinajstić information content (AvgIpc) is 2.46. The molecule has 0 aromatic rings. The third-order valence-corrected chi connectivity index (χ3v) is 3.55. The minimum atomic E-state index is -0.0538. The lowest BCUT2D eigenvalue weighted by molar-refractivity contribution is -0.0832. The summed E-state index contributed by atoms with van der Waals surface area (Å²) in [4.78, 5) is 0. The summed E-state index contributed by atoms with van der Waals surface area (Å²) in [6, 6.07) is 0. The van der Waals surface area contributed by atoms with Crippen molar-refractivity contribution < 1.29 is 9.47 Å². The third kappa shape index (κ3) is 2.98. The van der Waals surface area contributed by atoms with E-state index in [-0.39, 0.29) is 11.8 Å². The zero-order valence-electron chi connectivity index (χ0n) is 11.0. The van der Waals surface area contributed by atoms with Gasteiger partial charge in [0.1, 0.15) is 6.19 Å². The van der Waals surface area contributed by atoms with E-state index in [4.69, 9.17) is 9.47 Å². The van der Waals surface area contributed by atoms with E-state index in [1.807, 2.05) is 7.85 Å². The maximum absolute atomic E-state index is 6.06. The van der Waals surface area contributed by atoms with Gasteiger partial charge in [-0.15, -0.1) is 0 Å². The van der Waals surface area contributed by atoms with Gasteiger partial charge in [0.2, 0.25) is 0 Å². The molecule has 0 aliphatic carbocycles. The molecule has 1 saturated heterocycles. The van der Waals surface area contributed by atoms with Gasteiger partial charge in [-0.3, -0.25) is 0 Å². The third-order valence-electron chi connectivity index (χ3n) is 3.55. The Morgan fingerprint density at radius 3 is 2.20 bits per heavy atom. The van der Waals surface area contributed by atoms with Crippen molar-refractivity contribution >= 4 is 7.85 Å². The molecule has 2 nitrogen and oxygen atoms in total. The molecule has 3 heteroatoms. The molecule has 0 radical (unpaired) electrons. The summed E-state index contributed by atoms with van der Waals surface area (Å²) in [6.07, 6.45) is 1.06. The molecule has 0 N–H and O–H groups in total. The molecule has 0 amide bonds. The fourth-order valence-corrected chi connectivity index (χ4v) is 2.49. The van der Waals surface area contributed by atoms with Crippen LogP contribution in [-0.2, 0) is 9.47 Å². The van der Waals surface area contributed by atoms with Crippen LogP contribution in [0.3, 0.4) is 0 Å². The van der Waals surface area contributed by atoms with E-state index < -0.39 is 0 Å². The van der Waals surface area contributed by atoms with Gasteiger partial charge in [-0.2, -0.15) is 0 Å². The summed E-state index contributed by atoms with van der Waals surface area (Å²) >= 11 is 0. The maximum Gasteiger partial charge on any atom is 0.174 e. The van der Waals surface area contributed by atoms with Crippen LogP contribution in [0, 0.1) is 17.8 Å². The molecule has 1 rings (SSSR count). The van der Waals surface area contributed by atoms with Gasteiger partial charge in [0.25, 0.3) is 0 Å². The fraction of sp³-hybridized carbons (Fsp3) is 1.00. The van der Waals surface area contributed by atoms with Gasteiger partial charge in [-0.25, -0.2) is 0 Å². The number of ether oxygens (including phenoxy) is 2. The van der Waals surface area contributed by atoms with E-state index in [1.165, 1.54) is 0 Å². The van der Waals surface area contributed by atoms with E-state index in [0.717, 1.165) is 13.0 Å². The van der Waals surface area contributed by atoms with Crippen molar-refractivity contribution in [3.05, 3.63) is 0 Å². The maximum atomic E-state index is 6.06. The molecule has 1 aliphatic heterocycles. The van der Waals surface area contributed by atoms with Crippen molar-refractivity contribution in [2.45, 2.75) is 52.8 Å². The van der Waals surface area contributed by atoms with Crippen LogP contribution in [0.5, 0.6) is 0 Å². The Labute approximate surface area is 95.1 Å². The molecular formula is C12H25BO2. The summed E-state index contributed by atoms with van der Waals surface area (Å²) in [5, 5.41) is 0. The SMILES string of the molecule is BC1OCC(CC(C)C)(C(C)C(C)C)O1. The standard InChI is InChI=1S/C12H25BO2/c1-8(2)6-12(10(5)9(3)4)7-14-11(13)15-12/h8-11H,6-7,13H2,1-5H3. The van der Waals surface area contributed by atoms with Crippen molar-refractivity contribution in [1.82, 2.24) is 0 Å². The molecule has 3 unspecified atom stereocenters. The minimum absolute atomic E-state index is 0.0371. The summed E-state index contributed by atoms with van der Waals surface area (Å²) < 4.78 is 11.7. The van der Waals surface area contributed by atoms with E-state index in [0.29, 0.717) is 17.8 Å². The van der Waals surface area contributed by atoms with E-state index in [9.17, 15) is 0 Å². The molecule has 1 aliphatic rings. The number of hydrogen-bond acceptors (Lipinski definition) is 2. The molecular weight excluding hydrogens is 187 g/mol. The highest BCUT2D eigenvalue weighted by atomic mass is 16.7. The van der Waals surface area contributed by atoms with Crippen molar-refractivity contribution in [3.8, 4) is 0 Å². The van der Waals surface area contributed by atoms with Crippen LogP contribution in [-0.4, -0.2) is 26.2 Å². The molecule has 15 heavy (non-hydrogen) atoms. The van der Waals surface area contributed by atoms with Crippen LogP contribution in [0.4, 0.5) is 0 Å². The lowest BCUT2D eigenvalue weighted by Crippen LogP contribution is -2.43. The second-order valence-electron chi connectivity index (χ2n) is 5.69. The molecule has 1 heterocycles. The predicted octanol–water partition coefficient (Wildman–Crippen LogP) is 2.03. The smallest absolute Gasteiger partial charge is 0.174 e. The first-order valence-electron chi connectivity index (χ1n) is 6.17. The van der Waals surface area contributed by atoms with Gasteiger partial charge in [0.15, 0.2) is 7.85 Å². The first-order chi connectivity index (χ1) is 6.87. The highest BCUT2D eigenvalue weighted by molar-refractivity contribution is 6.10.